The van der Waals surface area contributed by atoms with Crippen LogP contribution in [-0.2, 0) is 10.0 Å². The van der Waals surface area contributed by atoms with Crippen molar-refractivity contribution in [2.75, 3.05) is 0 Å². The molecule has 0 fully saturated rings. The van der Waals surface area contributed by atoms with Gasteiger partial charge in [0.2, 0.25) is 10.0 Å². The van der Waals surface area contributed by atoms with Gasteiger partial charge in [-0.05, 0) is 39.3 Å². The summed E-state index contributed by atoms with van der Waals surface area (Å²) in [4.78, 5) is -0.329. The summed E-state index contributed by atoms with van der Waals surface area (Å²) in [6.45, 7) is 6.42. The van der Waals surface area contributed by atoms with Gasteiger partial charge in [0.1, 0.15) is 4.90 Å². The first-order valence-electron chi connectivity index (χ1n) is 5.57. The fourth-order valence-corrected chi connectivity index (χ4v) is 3.71. The minimum absolute atomic E-state index is 0.259. The normalized spacial score (nSPS) is 13.1. The van der Waals surface area contributed by atoms with Crippen molar-refractivity contribution in [1.82, 2.24) is 4.72 Å². The van der Waals surface area contributed by atoms with Gasteiger partial charge < -0.3 is 0 Å². The van der Waals surface area contributed by atoms with Crippen molar-refractivity contribution in [2.24, 2.45) is 0 Å². The molecule has 0 aliphatic carbocycles. The van der Waals surface area contributed by atoms with E-state index in [9.17, 15) is 17.2 Å². The Hall–Kier alpha value is -0.720. The molecule has 0 saturated heterocycles. The molecule has 0 aliphatic rings. The highest BCUT2D eigenvalue weighted by atomic mass is 35.5. The van der Waals surface area contributed by atoms with Crippen molar-refractivity contribution in [3.63, 3.8) is 0 Å². The van der Waals surface area contributed by atoms with Crippen molar-refractivity contribution in [1.29, 1.82) is 0 Å². The summed E-state index contributed by atoms with van der Waals surface area (Å²) >= 11 is 5.82. The zero-order valence-electron chi connectivity index (χ0n) is 11.1. The van der Waals surface area contributed by atoms with Gasteiger partial charge in [-0.1, -0.05) is 17.7 Å². The Morgan fingerprint density at radius 2 is 1.79 bits per heavy atom. The van der Waals surface area contributed by atoms with Crippen molar-refractivity contribution < 1.29 is 17.2 Å². The lowest BCUT2D eigenvalue weighted by Crippen LogP contribution is -2.40. The number of hydrogen-bond donors (Lipinski definition) is 1. The molecule has 0 radical (unpaired) electrons. The molecule has 0 amide bonds. The molecule has 0 heterocycles. The lowest BCUT2D eigenvalue weighted by atomic mass is 10.1. The molecule has 7 heteroatoms. The van der Waals surface area contributed by atoms with Gasteiger partial charge in [0.15, 0.2) is 0 Å². The van der Waals surface area contributed by atoms with E-state index in [1.807, 2.05) is 0 Å². The van der Waals surface area contributed by atoms with E-state index < -0.39 is 32.6 Å². The number of benzene rings is 1. The summed E-state index contributed by atoms with van der Waals surface area (Å²) < 4.78 is 52.4. The van der Waals surface area contributed by atoms with E-state index >= 15 is 0 Å². The maximum atomic E-state index is 12.9. The van der Waals surface area contributed by atoms with E-state index in [4.69, 9.17) is 11.6 Å². The summed E-state index contributed by atoms with van der Waals surface area (Å²) in [5.41, 5.74) is -0.911. The van der Waals surface area contributed by atoms with Gasteiger partial charge in [-0.25, -0.2) is 21.9 Å². The van der Waals surface area contributed by atoms with Gasteiger partial charge in [0.05, 0.1) is 5.02 Å². The van der Waals surface area contributed by atoms with E-state index in [0.717, 1.165) is 0 Å². The fraction of sp³-hybridized carbons (Fsp3) is 0.500. The van der Waals surface area contributed by atoms with Crippen molar-refractivity contribution >= 4 is 21.6 Å². The molecule has 108 valence electrons. The molecule has 1 N–H and O–H groups in total. The Bertz CT molecular complexity index is 580. The second-order valence-corrected chi connectivity index (χ2v) is 7.29. The van der Waals surface area contributed by atoms with Gasteiger partial charge >= 0.3 is 0 Å². The van der Waals surface area contributed by atoms with Crippen LogP contribution >= 0.6 is 11.6 Å². The lowest BCUT2D eigenvalue weighted by molar-refractivity contribution is 0.150. The van der Waals surface area contributed by atoms with E-state index in [-0.39, 0.29) is 10.5 Å². The first-order valence-corrected chi connectivity index (χ1v) is 7.43. The highest BCUT2D eigenvalue weighted by molar-refractivity contribution is 7.89. The first kappa shape index (κ1) is 16.3. The topological polar surface area (TPSA) is 46.2 Å². The van der Waals surface area contributed by atoms with Gasteiger partial charge in [-0.3, -0.25) is 0 Å². The van der Waals surface area contributed by atoms with Gasteiger partial charge in [-0.2, -0.15) is 0 Å². The highest BCUT2D eigenvalue weighted by Crippen LogP contribution is 2.35. The summed E-state index contributed by atoms with van der Waals surface area (Å²) in [6.07, 6.45) is -2.82. The van der Waals surface area contributed by atoms with Crippen LogP contribution in [0.5, 0.6) is 0 Å². The molecule has 19 heavy (non-hydrogen) atoms. The van der Waals surface area contributed by atoms with Crippen LogP contribution in [0.4, 0.5) is 8.78 Å². The quantitative estimate of drug-likeness (QED) is 0.926. The molecular weight excluding hydrogens is 296 g/mol. The van der Waals surface area contributed by atoms with Crippen LogP contribution in [-0.4, -0.2) is 14.0 Å². The largest absolute Gasteiger partial charge is 0.265 e. The molecule has 0 saturated carbocycles. The minimum Gasteiger partial charge on any atom is -0.207 e. The van der Waals surface area contributed by atoms with Crippen molar-refractivity contribution in [3.8, 4) is 0 Å². The Kier molecular flexibility index (Phi) is 4.59. The third-order valence-electron chi connectivity index (χ3n) is 2.31. The van der Waals surface area contributed by atoms with Crippen LogP contribution in [0.15, 0.2) is 17.0 Å². The predicted octanol–water partition coefficient (Wildman–Crippen LogP) is 3.66. The predicted molar refractivity (Wildman–Crippen MR) is 71.2 cm³/mol. The molecule has 0 aliphatic heterocycles. The molecule has 3 nitrogen and oxygen atoms in total. The second kappa shape index (κ2) is 5.34. The van der Waals surface area contributed by atoms with Gasteiger partial charge in [0.25, 0.3) is 6.43 Å². The van der Waals surface area contributed by atoms with E-state index in [0.29, 0.717) is 0 Å². The summed E-state index contributed by atoms with van der Waals surface area (Å²) in [5.74, 6) is 0. The van der Waals surface area contributed by atoms with Crippen molar-refractivity contribution in [3.05, 3.63) is 28.3 Å². The van der Waals surface area contributed by atoms with Crippen LogP contribution in [0.3, 0.4) is 0 Å². The third-order valence-corrected chi connectivity index (χ3v) is 4.63. The number of aryl methyl sites for hydroxylation is 1. The Labute approximate surface area is 117 Å². The number of hydrogen-bond acceptors (Lipinski definition) is 2. The van der Waals surface area contributed by atoms with E-state index in [1.54, 1.807) is 20.8 Å². The SMILES string of the molecule is Cc1ccc(S(=O)(=O)NC(C)(C)C)c(Cl)c1C(F)F. The molecule has 0 atom stereocenters. The Morgan fingerprint density at radius 3 is 2.21 bits per heavy atom. The second-order valence-electron chi connectivity index (χ2n) is 5.26. The standard InChI is InChI=1S/C12H16ClF2NO2S/c1-7-5-6-8(10(13)9(7)11(14)15)19(17,18)16-12(2,3)4/h5-6,11,16H,1-4H3. The lowest BCUT2D eigenvalue weighted by Gasteiger charge is -2.21. The number of nitrogens with one attached hydrogen (secondary N) is 1. The summed E-state index contributed by atoms with van der Waals surface area (Å²) in [7, 11) is -3.94. The highest BCUT2D eigenvalue weighted by Gasteiger charge is 2.27. The number of rotatable bonds is 3. The van der Waals surface area contributed by atoms with Crippen LogP contribution in [0, 0.1) is 6.92 Å². The van der Waals surface area contributed by atoms with Gasteiger partial charge in [-0.15, -0.1) is 0 Å². The minimum atomic E-state index is -3.94. The average Bonchev–Trinajstić information content (AvgIpc) is 2.11. The molecule has 1 aromatic carbocycles. The molecular formula is C12H16ClF2NO2S. The third kappa shape index (κ3) is 3.87. The first-order chi connectivity index (χ1) is 8.46. The summed E-state index contributed by atoms with van der Waals surface area (Å²) in [6, 6.07) is 2.56. The maximum absolute atomic E-state index is 12.9. The molecule has 0 spiro atoms. The van der Waals surface area contributed by atoms with Crippen LogP contribution in [0.1, 0.15) is 38.3 Å². The number of halogens is 3. The zero-order chi connectivity index (χ0) is 15.0. The average molecular weight is 312 g/mol. The number of sulfonamides is 1. The number of alkyl halides is 2. The maximum Gasteiger partial charge on any atom is 0.265 e. The van der Waals surface area contributed by atoms with Crippen LogP contribution in [0.2, 0.25) is 5.02 Å². The molecule has 0 aromatic heterocycles. The summed E-state index contributed by atoms with van der Waals surface area (Å²) in [5, 5.41) is -0.424. The molecule has 0 bridgehead atoms. The smallest absolute Gasteiger partial charge is 0.207 e. The zero-order valence-corrected chi connectivity index (χ0v) is 12.7. The Morgan fingerprint density at radius 1 is 1.26 bits per heavy atom. The monoisotopic (exact) mass is 311 g/mol. The van der Waals surface area contributed by atoms with Crippen molar-refractivity contribution in [2.45, 2.75) is 44.6 Å². The molecule has 1 rings (SSSR count). The molecule has 1 aromatic rings. The fourth-order valence-electron chi connectivity index (χ4n) is 1.60. The Balaban J connectivity index is 3.42. The van der Waals surface area contributed by atoms with E-state index in [2.05, 4.69) is 4.72 Å². The van der Waals surface area contributed by atoms with Crippen LogP contribution < -0.4 is 4.72 Å². The van der Waals surface area contributed by atoms with Crippen LogP contribution in [0.25, 0.3) is 0 Å². The molecule has 0 unspecified atom stereocenters. The van der Waals surface area contributed by atoms with E-state index in [1.165, 1.54) is 19.1 Å². The van der Waals surface area contributed by atoms with Gasteiger partial charge in [0, 0.05) is 11.1 Å².